The molecule has 1 aliphatic rings. The van der Waals surface area contributed by atoms with Crippen LogP contribution in [0.4, 0.5) is 28.4 Å². The maximum Gasteiger partial charge on any atom is 0.0465 e. The molecule has 0 heterocycles. The fraction of sp³-hybridized carbons (Fsp3) is 0.0526. The zero-order valence-corrected chi connectivity index (χ0v) is 33.3. The highest BCUT2D eigenvalue weighted by molar-refractivity contribution is 5.86. The average molecular weight is 757 g/mol. The molecule has 0 atom stereocenters. The number of hydrogen-bond donors (Lipinski definition) is 1. The van der Waals surface area contributed by atoms with Crippen molar-refractivity contribution in [2.45, 2.75) is 19.3 Å². The second kappa shape index (κ2) is 15.2. The minimum absolute atomic E-state index is 0.0888. The summed E-state index contributed by atoms with van der Waals surface area (Å²) in [6.45, 7) is 4.69. The van der Waals surface area contributed by atoms with Crippen LogP contribution in [0.3, 0.4) is 0 Å². The van der Waals surface area contributed by atoms with Crippen molar-refractivity contribution in [1.29, 1.82) is 0 Å². The van der Waals surface area contributed by atoms with Gasteiger partial charge in [0, 0.05) is 33.9 Å². The number of hydrogen-bond acceptors (Lipinski definition) is 2. The first-order chi connectivity index (χ1) is 29.0. The van der Waals surface area contributed by atoms with Gasteiger partial charge in [-0.1, -0.05) is 172 Å². The summed E-state index contributed by atoms with van der Waals surface area (Å²) in [6, 6.07) is 81.0. The third-order valence-electron chi connectivity index (χ3n) is 11.9. The molecule has 282 valence electrons. The molecule has 0 aliphatic heterocycles. The Hall–Kier alpha value is -7.42. The Morgan fingerprint density at radius 3 is 1.24 bits per heavy atom. The summed E-state index contributed by atoms with van der Waals surface area (Å²) in [6.07, 6.45) is 0. The third kappa shape index (κ3) is 7.00. The third-order valence-corrected chi connectivity index (χ3v) is 11.9. The van der Waals surface area contributed by atoms with Gasteiger partial charge in [-0.3, -0.25) is 0 Å². The van der Waals surface area contributed by atoms with Crippen molar-refractivity contribution >= 4 is 28.4 Å². The molecule has 2 nitrogen and oxygen atoms in total. The summed E-state index contributed by atoms with van der Waals surface area (Å²) >= 11 is 0. The molecular formula is C57H44N2. The first-order valence-electron chi connectivity index (χ1n) is 20.4. The van der Waals surface area contributed by atoms with Crippen LogP contribution in [-0.4, -0.2) is 0 Å². The molecule has 0 fully saturated rings. The first-order valence-corrected chi connectivity index (χ1v) is 20.4. The molecule has 0 saturated heterocycles. The minimum Gasteiger partial charge on any atom is -0.356 e. The number of rotatable bonds is 9. The molecule has 1 aliphatic carbocycles. The average Bonchev–Trinajstić information content (AvgIpc) is 3.53. The van der Waals surface area contributed by atoms with Crippen LogP contribution < -0.4 is 10.2 Å². The van der Waals surface area contributed by atoms with Gasteiger partial charge in [-0.25, -0.2) is 0 Å². The Balaban J connectivity index is 0.900. The van der Waals surface area contributed by atoms with Crippen LogP contribution in [0.1, 0.15) is 25.0 Å². The standard InChI is InChI=1S/C57H44N2/c1-57(2)55-19-10-9-18-53(55)54-37-36-52(39-56(54)57)59(50-32-24-43(25-33-50)40-12-5-3-6-13-40)51-34-26-44(27-35-51)42-20-28-48(29-21-42)58-49-30-22-45(23-31-49)47-17-11-16-46(38-47)41-14-7-4-8-15-41/h3-39,58H,1-2H3. The second-order valence-electron chi connectivity index (χ2n) is 15.9. The number of anilines is 5. The van der Waals surface area contributed by atoms with Crippen molar-refractivity contribution in [2.24, 2.45) is 0 Å². The lowest BCUT2D eigenvalue weighted by Gasteiger charge is -2.28. The summed E-state index contributed by atoms with van der Waals surface area (Å²) in [5, 5.41) is 3.60. The predicted molar refractivity (Wildman–Crippen MR) is 250 cm³/mol. The molecule has 0 aromatic heterocycles. The monoisotopic (exact) mass is 756 g/mol. The van der Waals surface area contributed by atoms with Crippen molar-refractivity contribution in [2.75, 3.05) is 10.2 Å². The van der Waals surface area contributed by atoms with Crippen molar-refractivity contribution < 1.29 is 0 Å². The second-order valence-corrected chi connectivity index (χ2v) is 15.9. The first kappa shape index (κ1) is 36.0. The number of nitrogens with zero attached hydrogens (tertiary/aromatic N) is 1. The van der Waals surface area contributed by atoms with Crippen molar-refractivity contribution in [1.82, 2.24) is 0 Å². The van der Waals surface area contributed by atoms with Gasteiger partial charge < -0.3 is 10.2 Å². The molecule has 9 aromatic carbocycles. The fourth-order valence-corrected chi connectivity index (χ4v) is 8.68. The van der Waals surface area contributed by atoms with Gasteiger partial charge in [0.15, 0.2) is 0 Å². The SMILES string of the molecule is CC1(C)c2ccccc2-c2ccc(N(c3ccc(-c4ccccc4)cc3)c3ccc(-c4ccc(Nc5ccc(-c6cccc(-c7ccccc7)c6)cc5)cc4)cc3)cc21. The quantitative estimate of drug-likeness (QED) is 0.158. The van der Waals surface area contributed by atoms with Gasteiger partial charge in [-0.15, -0.1) is 0 Å². The van der Waals surface area contributed by atoms with E-state index >= 15 is 0 Å². The molecule has 0 radical (unpaired) electrons. The van der Waals surface area contributed by atoms with Crippen LogP contribution in [0.5, 0.6) is 0 Å². The normalized spacial score (nSPS) is 12.4. The lowest BCUT2D eigenvalue weighted by Crippen LogP contribution is -2.16. The van der Waals surface area contributed by atoms with E-state index in [0.29, 0.717) is 0 Å². The minimum atomic E-state index is -0.0888. The van der Waals surface area contributed by atoms with E-state index in [-0.39, 0.29) is 5.41 Å². The Kier molecular flexibility index (Phi) is 9.24. The van der Waals surface area contributed by atoms with E-state index in [1.54, 1.807) is 0 Å². The molecule has 9 aromatic rings. The van der Waals surface area contributed by atoms with Gasteiger partial charge in [-0.05, 0) is 133 Å². The Morgan fingerprint density at radius 1 is 0.305 bits per heavy atom. The summed E-state index contributed by atoms with van der Waals surface area (Å²) in [4.78, 5) is 2.39. The van der Waals surface area contributed by atoms with Crippen LogP contribution in [0, 0.1) is 0 Å². The Labute approximate surface area is 347 Å². The topological polar surface area (TPSA) is 15.3 Å². The number of benzene rings is 9. The van der Waals surface area contributed by atoms with Gasteiger partial charge in [0.25, 0.3) is 0 Å². The summed E-state index contributed by atoms with van der Waals surface area (Å²) in [5.74, 6) is 0. The van der Waals surface area contributed by atoms with Crippen molar-refractivity contribution in [3.63, 3.8) is 0 Å². The lowest BCUT2D eigenvalue weighted by molar-refractivity contribution is 0.660. The van der Waals surface area contributed by atoms with Crippen LogP contribution in [0.15, 0.2) is 224 Å². The summed E-state index contributed by atoms with van der Waals surface area (Å²) in [7, 11) is 0. The van der Waals surface area contributed by atoms with Crippen LogP contribution in [0.25, 0.3) is 55.6 Å². The molecule has 10 rings (SSSR count). The van der Waals surface area contributed by atoms with Gasteiger partial charge in [0.2, 0.25) is 0 Å². The molecular weight excluding hydrogens is 713 g/mol. The highest BCUT2D eigenvalue weighted by atomic mass is 15.1. The maximum absolute atomic E-state index is 3.60. The van der Waals surface area contributed by atoms with E-state index in [9.17, 15) is 0 Å². The Morgan fingerprint density at radius 2 is 0.695 bits per heavy atom. The smallest absolute Gasteiger partial charge is 0.0465 e. The van der Waals surface area contributed by atoms with Crippen LogP contribution >= 0.6 is 0 Å². The Bertz CT molecular complexity index is 2880. The molecule has 59 heavy (non-hydrogen) atoms. The van der Waals surface area contributed by atoms with E-state index in [1.807, 2.05) is 0 Å². The van der Waals surface area contributed by atoms with E-state index < -0.39 is 0 Å². The number of fused-ring (bicyclic) bond motifs is 3. The zero-order chi connectivity index (χ0) is 39.8. The van der Waals surface area contributed by atoms with Crippen molar-refractivity contribution in [3.05, 3.63) is 236 Å². The molecule has 0 spiro atoms. The van der Waals surface area contributed by atoms with Crippen LogP contribution in [-0.2, 0) is 5.41 Å². The largest absolute Gasteiger partial charge is 0.356 e. The molecule has 2 heteroatoms. The molecule has 0 saturated carbocycles. The molecule has 0 amide bonds. The van der Waals surface area contributed by atoms with Crippen molar-refractivity contribution in [3.8, 4) is 55.6 Å². The highest BCUT2D eigenvalue weighted by Gasteiger charge is 2.35. The zero-order valence-electron chi connectivity index (χ0n) is 33.3. The predicted octanol–water partition coefficient (Wildman–Crippen LogP) is 15.9. The van der Waals surface area contributed by atoms with Gasteiger partial charge in [0.05, 0.1) is 0 Å². The lowest BCUT2D eigenvalue weighted by atomic mass is 9.82. The molecule has 1 N–H and O–H groups in total. The van der Waals surface area contributed by atoms with E-state index in [4.69, 9.17) is 0 Å². The van der Waals surface area contributed by atoms with E-state index in [1.165, 1.54) is 66.8 Å². The summed E-state index contributed by atoms with van der Waals surface area (Å²) in [5.41, 5.74) is 20.4. The number of nitrogens with one attached hydrogen (secondary N) is 1. The van der Waals surface area contributed by atoms with Gasteiger partial charge >= 0.3 is 0 Å². The summed E-state index contributed by atoms with van der Waals surface area (Å²) < 4.78 is 0. The van der Waals surface area contributed by atoms with Gasteiger partial charge in [-0.2, -0.15) is 0 Å². The van der Waals surface area contributed by atoms with Crippen LogP contribution in [0.2, 0.25) is 0 Å². The van der Waals surface area contributed by atoms with Gasteiger partial charge in [0.1, 0.15) is 0 Å². The fourth-order valence-electron chi connectivity index (χ4n) is 8.68. The van der Waals surface area contributed by atoms with E-state index in [0.717, 1.165) is 28.4 Å². The maximum atomic E-state index is 3.60. The highest BCUT2D eigenvalue weighted by Crippen LogP contribution is 2.50. The molecule has 0 unspecified atom stereocenters. The van der Waals surface area contributed by atoms with E-state index in [2.05, 4.69) is 249 Å². The molecule has 0 bridgehead atoms.